The third-order valence-electron chi connectivity index (χ3n) is 2.21. The molecule has 1 aromatic heterocycles. The van der Waals surface area contributed by atoms with Crippen molar-refractivity contribution in [3.8, 4) is 11.8 Å². The number of thiocarbonyl (C=S) groups is 1. The second kappa shape index (κ2) is 6.65. The van der Waals surface area contributed by atoms with Crippen molar-refractivity contribution in [2.24, 2.45) is 5.73 Å². The molecule has 0 aliphatic carbocycles. The Morgan fingerprint density at radius 1 is 1.11 bits per heavy atom. The Kier molecular flexibility index (Phi) is 4.63. The Hall–Kier alpha value is -2.21. The molecule has 2 aromatic rings. The first-order valence-electron chi connectivity index (χ1n) is 5.69. The van der Waals surface area contributed by atoms with E-state index in [9.17, 15) is 0 Å². The number of hydrogen-bond acceptors (Lipinski definition) is 5. The molecule has 0 aliphatic heterocycles. The van der Waals surface area contributed by atoms with Gasteiger partial charge in [-0.25, -0.2) is 4.98 Å². The predicted octanol–water partition coefficient (Wildman–Crippen LogP) is 1.57. The fourth-order valence-electron chi connectivity index (χ4n) is 1.36. The van der Waals surface area contributed by atoms with Crippen molar-refractivity contribution in [1.29, 1.82) is 0 Å². The predicted molar refractivity (Wildman–Crippen MR) is 75.4 cm³/mol. The zero-order valence-electron chi connectivity index (χ0n) is 10.2. The number of rotatable bonds is 6. The van der Waals surface area contributed by atoms with Crippen molar-refractivity contribution < 1.29 is 9.47 Å². The molecule has 0 radical (unpaired) electrons. The number of para-hydroxylation sites is 1. The first kappa shape index (κ1) is 13.2. The lowest BCUT2D eigenvalue weighted by Gasteiger charge is -2.07. The summed E-state index contributed by atoms with van der Waals surface area (Å²) >= 11 is 4.83. The van der Waals surface area contributed by atoms with Crippen molar-refractivity contribution in [3.63, 3.8) is 0 Å². The van der Waals surface area contributed by atoms with Crippen LogP contribution in [0.4, 0.5) is 0 Å². The Morgan fingerprint density at radius 3 is 2.58 bits per heavy atom. The quantitative estimate of drug-likeness (QED) is 0.637. The maximum atomic E-state index is 5.47. The van der Waals surface area contributed by atoms with E-state index in [0.29, 0.717) is 18.9 Å². The lowest BCUT2D eigenvalue weighted by atomic mass is 10.3. The molecule has 2 rings (SSSR count). The minimum atomic E-state index is 0.216. The number of hydrogen-bond donors (Lipinski definition) is 1. The van der Waals surface area contributed by atoms with E-state index >= 15 is 0 Å². The average Bonchev–Trinajstić information content (AvgIpc) is 2.45. The Morgan fingerprint density at radius 2 is 1.84 bits per heavy atom. The van der Waals surface area contributed by atoms with E-state index < -0.39 is 0 Å². The molecule has 5 nitrogen and oxygen atoms in total. The van der Waals surface area contributed by atoms with Crippen molar-refractivity contribution in [2.75, 3.05) is 13.2 Å². The van der Waals surface area contributed by atoms with E-state index in [1.807, 2.05) is 30.3 Å². The maximum absolute atomic E-state index is 5.47. The third kappa shape index (κ3) is 4.18. The normalized spacial score (nSPS) is 9.89. The smallest absolute Gasteiger partial charge is 0.317 e. The van der Waals surface area contributed by atoms with Gasteiger partial charge in [0, 0.05) is 6.20 Å². The molecule has 98 valence electrons. The standard InChI is InChI=1S/C13H13N3O2S/c14-12(19)11-6-7-15-13(16-11)18-9-8-17-10-4-2-1-3-5-10/h1-7H,8-9H2,(H2,14,19). The highest BCUT2D eigenvalue weighted by atomic mass is 32.1. The van der Waals surface area contributed by atoms with Gasteiger partial charge < -0.3 is 15.2 Å². The Labute approximate surface area is 116 Å². The lowest BCUT2D eigenvalue weighted by Crippen LogP contribution is -2.14. The van der Waals surface area contributed by atoms with E-state index in [1.54, 1.807) is 12.3 Å². The van der Waals surface area contributed by atoms with Crippen LogP contribution in [0.25, 0.3) is 0 Å². The molecule has 0 amide bonds. The molecule has 0 bridgehead atoms. The Bertz CT molecular complexity index is 549. The summed E-state index contributed by atoms with van der Waals surface area (Å²) in [5.41, 5.74) is 5.96. The highest BCUT2D eigenvalue weighted by molar-refractivity contribution is 7.80. The van der Waals surface area contributed by atoms with E-state index in [2.05, 4.69) is 9.97 Å². The molecule has 0 aliphatic rings. The van der Waals surface area contributed by atoms with Crippen molar-refractivity contribution in [2.45, 2.75) is 0 Å². The number of aromatic nitrogens is 2. The first-order chi connectivity index (χ1) is 9.25. The largest absolute Gasteiger partial charge is 0.490 e. The van der Waals surface area contributed by atoms with Crippen LogP contribution in [0.2, 0.25) is 0 Å². The van der Waals surface area contributed by atoms with Crippen LogP contribution < -0.4 is 15.2 Å². The van der Waals surface area contributed by atoms with Crippen LogP contribution in [-0.4, -0.2) is 28.2 Å². The van der Waals surface area contributed by atoms with Gasteiger partial charge in [0.05, 0.1) is 0 Å². The summed E-state index contributed by atoms with van der Waals surface area (Å²) in [6.07, 6.45) is 1.55. The molecular weight excluding hydrogens is 262 g/mol. The van der Waals surface area contributed by atoms with Crippen molar-refractivity contribution in [1.82, 2.24) is 9.97 Å². The number of ether oxygens (including phenoxy) is 2. The fourth-order valence-corrected chi connectivity index (χ4v) is 1.47. The first-order valence-corrected chi connectivity index (χ1v) is 6.10. The minimum Gasteiger partial charge on any atom is -0.490 e. The molecule has 0 unspecified atom stereocenters. The number of nitrogens with two attached hydrogens (primary N) is 1. The van der Waals surface area contributed by atoms with Gasteiger partial charge in [0.25, 0.3) is 0 Å². The molecule has 1 aromatic carbocycles. The molecule has 0 atom stereocenters. The SMILES string of the molecule is NC(=S)c1ccnc(OCCOc2ccccc2)n1. The molecule has 19 heavy (non-hydrogen) atoms. The van der Waals surface area contributed by atoms with Crippen LogP contribution in [-0.2, 0) is 0 Å². The minimum absolute atomic E-state index is 0.216. The maximum Gasteiger partial charge on any atom is 0.317 e. The zero-order valence-corrected chi connectivity index (χ0v) is 11.0. The lowest BCUT2D eigenvalue weighted by molar-refractivity contribution is 0.206. The monoisotopic (exact) mass is 275 g/mol. The van der Waals surface area contributed by atoms with E-state index in [-0.39, 0.29) is 11.0 Å². The summed E-state index contributed by atoms with van der Waals surface area (Å²) in [7, 11) is 0. The van der Waals surface area contributed by atoms with Crippen LogP contribution in [0.5, 0.6) is 11.8 Å². The molecule has 2 N–H and O–H groups in total. The summed E-state index contributed by atoms with van der Waals surface area (Å²) in [5.74, 6) is 0.795. The van der Waals surface area contributed by atoms with E-state index in [4.69, 9.17) is 27.4 Å². The van der Waals surface area contributed by atoms with Gasteiger partial charge in [-0.15, -0.1) is 0 Å². The van der Waals surface area contributed by atoms with Crippen LogP contribution in [0.3, 0.4) is 0 Å². The number of nitrogens with zero attached hydrogens (tertiary/aromatic N) is 2. The van der Waals surface area contributed by atoms with Gasteiger partial charge in [-0.3, -0.25) is 0 Å². The Balaban J connectivity index is 1.80. The summed E-state index contributed by atoms with van der Waals surface area (Å²) in [4.78, 5) is 8.24. The summed E-state index contributed by atoms with van der Waals surface area (Å²) in [6, 6.07) is 11.4. The van der Waals surface area contributed by atoms with Crippen molar-refractivity contribution >= 4 is 17.2 Å². The van der Waals surface area contributed by atoms with Gasteiger partial charge in [0.1, 0.15) is 29.6 Å². The summed E-state index contributed by atoms with van der Waals surface area (Å²) in [5, 5.41) is 0. The highest BCUT2D eigenvalue weighted by Crippen LogP contribution is 2.08. The topological polar surface area (TPSA) is 70.3 Å². The van der Waals surface area contributed by atoms with Gasteiger partial charge in [-0.05, 0) is 18.2 Å². The van der Waals surface area contributed by atoms with Gasteiger partial charge >= 0.3 is 6.01 Å². The van der Waals surface area contributed by atoms with E-state index in [0.717, 1.165) is 5.75 Å². The fraction of sp³-hybridized carbons (Fsp3) is 0.154. The van der Waals surface area contributed by atoms with Gasteiger partial charge in [-0.1, -0.05) is 30.4 Å². The van der Waals surface area contributed by atoms with Crippen LogP contribution >= 0.6 is 12.2 Å². The van der Waals surface area contributed by atoms with Gasteiger partial charge in [0.2, 0.25) is 0 Å². The average molecular weight is 275 g/mol. The second-order valence-electron chi connectivity index (χ2n) is 3.60. The molecule has 1 heterocycles. The molecule has 6 heteroatoms. The zero-order chi connectivity index (χ0) is 13.5. The van der Waals surface area contributed by atoms with Crippen molar-refractivity contribution in [3.05, 3.63) is 48.3 Å². The molecular formula is C13H13N3O2S. The van der Waals surface area contributed by atoms with Crippen LogP contribution in [0.1, 0.15) is 5.69 Å². The molecule has 0 spiro atoms. The van der Waals surface area contributed by atoms with Gasteiger partial charge in [-0.2, -0.15) is 4.98 Å². The second-order valence-corrected chi connectivity index (χ2v) is 4.04. The molecule has 0 saturated heterocycles. The van der Waals surface area contributed by atoms with Crippen LogP contribution in [0.15, 0.2) is 42.6 Å². The molecule has 0 fully saturated rings. The van der Waals surface area contributed by atoms with Gasteiger partial charge in [0.15, 0.2) is 0 Å². The summed E-state index contributed by atoms with van der Waals surface area (Å²) < 4.78 is 10.8. The third-order valence-corrected chi connectivity index (χ3v) is 2.42. The van der Waals surface area contributed by atoms with E-state index in [1.165, 1.54) is 0 Å². The molecule has 0 saturated carbocycles. The highest BCUT2D eigenvalue weighted by Gasteiger charge is 2.02. The van der Waals surface area contributed by atoms with Crippen LogP contribution in [0, 0.1) is 0 Å². The number of benzene rings is 1. The summed E-state index contributed by atoms with van der Waals surface area (Å²) in [6.45, 7) is 0.750.